The molecule has 3 amide bonds. The fourth-order valence-corrected chi connectivity index (χ4v) is 4.41. The molecule has 1 aliphatic heterocycles. The second kappa shape index (κ2) is 10.1. The first-order valence-corrected chi connectivity index (χ1v) is 11.6. The number of rotatable bonds is 8. The molecule has 1 aromatic heterocycles. The average Bonchev–Trinajstić information content (AvgIpc) is 3.55. The second-order valence-electron chi connectivity index (χ2n) is 9.19. The summed E-state index contributed by atoms with van der Waals surface area (Å²) in [7, 11) is 0. The normalized spacial score (nSPS) is 18.2. The van der Waals surface area contributed by atoms with Crippen LogP contribution in [0.1, 0.15) is 60.3 Å². The molecule has 0 spiro atoms. The molecule has 0 bridgehead atoms. The maximum absolute atomic E-state index is 13.1. The fourth-order valence-electron chi connectivity index (χ4n) is 4.41. The van der Waals surface area contributed by atoms with E-state index in [1.807, 2.05) is 6.92 Å². The first kappa shape index (κ1) is 23.6. The number of carbonyl (C=O) groups excluding carboxylic acids is 2. The van der Waals surface area contributed by atoms with Crippen LogP contribution >= 0.6 is 0 Å². The van der Waals surface area contributed by atoms with Gasteiger partial charge in [-0.15, -0.1) is 0 Å². The molecule has 2 atom stereocenters. The van der Waals surface area contributed by atoms with Crippen LogP contribution in [-0.4, -0.2) is 63.4 Å². The van der Waals surface area contributed by atoms with Crippen molar-refractivity contribution >= 4 is 17.9 Å². The molecular weight excluding hydrogens is 440 g/mol. The Labute approximate surface area is 197 Å². The molecule has 4 rings (SSSR count). The number of carbonyl (C=O) groups is 3. The number of likely N-dealkylation sites (tertiary alicyclic amines) is 1. The summed E-state index contributed by atoms with van der Waals surface area (Å²) in [6, 6.07) is 7.04. The van der Waals surface area contributed by atoms with Gasteiger partial charge in [-0.3, -0.25) is 9.59 Å². The van der Waals surface area contributed by atoms with Crippen LogP contribution < -0.4 is 10.6 Å². The van der Waals surface area contributed by atoms with Crippen molar-refractivity contribution in [1.29, 1.82) is 0 Å². The number of hydrogen-bond acceptors (Lipinski definition) is 6. The number of amides is 3. The lowest BCUT2D eigenvalue weighted by Crippen LogP contribution is -2.52. The Bertz CT molecular complexity index is 1020. The van der Waals surface area contributed by atoms with E-state index >= 15 is 0 Å². The van der Waals surface area contributed by atoms with Gasteiger partial charge < -0.3 is 30.3 Å². The van der Waals surface area contributed by atoms with Crippen molar-refractivity contribution in [3.05, 3.63) is 47.3 Å². The van der Waals surface area contributed by atoms with E-state index < -0.39 is 12.1 Å². The number of nitrogens with one attached hydrogen (secondary N) is 2. The number of hydrogen-bond donors (Lipinski definition) is 4. The third kappa shape index (κ3) is 5.86. The van der Waals surface area contributed by atoms with Gasteiger partial charge in [0.2, 0.25) is 5.91 Å². The maximum Gasteiger partial charge on any atom is 0.405 e. The summed E-state index contributed by atoms with van der Waals surface area (Å²) in [5, 5.41) is 27.9. The van der Waals surface area contributed by atoms with Gasteiger partial charge in [-0.05, 0) is 56.2 Å². The van der Waals surface area contributed by atoms with Crippen molar-refractivity contribution < 1.29 is 29.1 Å². The Morgan fingerprint density at radius 3 is 2.41 bits per heavy atom. The number of nitrogens with zero attached hydrogens (tertiary/aromatic N) is 2. The lowest BCUT2D eigenvalue weighted by atomic mass is 9.89. The van der Waals surface area contributed by atoms with Gasteiger partial charge in [0.05, 0.1) is 0 Å². The van der Waals surface area contributed by atoms with Crippen molar-refractivity contribution in [3.63, 3.8) is 0 Å². The Morgan fingerprint density at radius 2 is 1.79 bits per heavy atom. The summed E-state index contributed by atoms with van der Waals surface area (Å²) < 4.78 is 5.26. The predicted molar refractivity (Wildman–Crippen MR) is 121 cm³/mol. The maximum atomic E-state index is 13.1. The number of phenolic OH excluding ortho intramolecular Hbond substituents is 1. The smallest absolute Gasteiger partial charge is 0.405 e. The number of phenols is 1. The second-order valence-corrected chi connectivity index (χ2v) is 9.19. The lowest BCUT2D eigenvalue weighted by molar-refractivity contribution is -0.134. The monoisotopic (exact) mass is 470 g/mol. The fraction of sp³-hybridized carbons (Fsp3) is 0.500. The van der Waals surface area contributed by atoms with E-state index in [1.54, 1.807) is 23.1 Å². The van der Waals surface area contributed by atoms with Gasteiger partial charge in [0.15, 0.2) is 5.69 Å². The van der Waals surface area contributed by atoms with Crippen molar-refractivity contribution in [3.8, 4) is 5.75 Å². The first-order valence-electron chi connectivity index (χ1n) is 11.6. The Balaban J connectivity index is 1.29. The summed E-state index contributed by atoms with van der Waals surface area (Å²) >= 11 is 0. The molecule has 10 heteroatoms. The highest BCUT2D eigenvalue weighted by Crippen LogP contribution is 2.40. The summed E-state index contributed by atoms with van der Waals surface area (Å²) in [6.07, 6.45) is 2.46. The molecule has 1 aromatic carbocycles. The lowest BCUT2D eigenvalue weighted by Gasteiger charge is -2.36. The van der Waals surface area contributed by atoms with Crippen molar-refractivity contribution in [2.75, 3.05) is 13.1 Å². The van der Waals surface area contributed by atoms with Crippen LogP contribution in [0, 0.1) is 5.92 Å². The first-order chi connectivity index (χ1) is 16.3. The van der Waals surface area contributed by atoms with Gasteiger partial charge in [-0.25, -0.2) is 4.79 Å². The third-order valence-corrected chi connectivity index (χ3v) is 6.63. The van der Waals surface area contributed by atoms with Crippen LogP contribution in [0.3, 0.4) is 0 Å². The van der Waals surface area contributed by atoms with Crippen LogP contribution in [0.4, 0.5) is 4.79 Å². The molecule has 4 N–H and O–H groups in total. The average molecular weight is 471 g/mol. The Morgan fingerprint density at radius 1 is 1.12 bits per heavy atom. The number of carboxylic acid groups (broad SMARTS) is 1. The molecule has 2 aromatic rings. The quantitative estimate of drug-likeness (QED) is 0.464. The van der Waals surface area contributed by atoms with Crippen LogP contribution in [0.25, 0.3) is 0 Å². The van der Waals surface area contributed by atoms with Crippen LogP contribution in [0.15, 0.2) is 34.9 Å². The van der Waals surface area contributed by atoms with Gasteiger partial charge in [0.25, 0.3) is 5.91 Å². The van der Waals surface area contributed by atoms with E-state index in [9.17, 15) is 24.6 Å². The number of aromatic nitrogens is 1. The SMILES string of the molecule is CC(NC(=O)c1cc(C2CC2)on1)C1CCN(C(=O)[C@H](Cc2ccc(O)cc2)NC(=O)O)CC1. The zero-order chi connectivity index (χ0) is 24.2. The van der Waals surface area contributed by atoms with E-state index in [2.05, 4.69) is 15.8 Å². The molecule has 182 valence electrons. The van der Waals surface area contributed by atoms with Crippen molar-refractivity contribution in [2.45, 2.75) is 57.0 Å². The molecule has 2 heterocycles. The van der Waals surface area contributed by atoms with E-state index in [4.69, 9.17) is 4.52 Å². The predicted octanol–water partition coefficient (Wildman–Crippen LogP) is 2.49. The van der Waals surface area contributed by atoms with Crippen LogP contribution in [0.2, 0.25) is 0 Å². The minimum atomic E-state index is -1.26. The summed E-state index contributed by atoms with van der Waals surface area (Å²) in [5.74, 6) is 0.907. The van der Waals surface area contributed by atoms with Gasteiger partial charge in [-0.2, -0.15) is 0 Å². The number of piperidine rings is 1. The highest BCUT2D eigenvalue weighted by molar-refractivity contribution is 5.92. The van der Waals surface area contributed by atoms with Crippen LogP contribution in [-0.2, 0) is 11.2 Å². The summed E-state index contributed by atoms with van der Waals surface area (Å²) in [6.45, 7) is 2.90. The molecule has 1 unspecified atom stereocenters. The molecule has 0 radical (unpaired) electrons. The van der Waals surface area contributed by atoms with Crippen molar-refractivity contribution in [2.24, 2.45) is 5.92 Å². The van der Waals surface area contributed by atoms with E-state index in [0.717, 1.165) is 24.2 Å². The van der Waals surface area contributed by atoms with Crippen molar-refractivity contribution in [1.82, 2.24) is 20.7 Å². The van der Waals surface area contributed by atoms with E-state index in [1.165, 1.54) is 12.1 Å². The van der Waals surface area contributed by atoms with Gasteiger partial charge in [0, 0.05) is 37.5 Å². The molecule has 1 saturated heterocycles. The highest BCUT2D eigenvalue weighted by atomic mass is 16.5. The topological polar surface area (TPSA) is 145 Å². The zero-order valence-corrected chi connectivity index (χ0v) is 19.1. The Kier molecular flexibility index (Phi) is 7.04. The molecular formula is C24H30N4O6. The molecule has 1 saturated carbocycles. The van der Waals surface area contributed by atoms with Gasteiger partial charge in [0.1, 0.15) is 17.6 Å². The number of benzene rings is 1. The van der Waals surface area contributed by atoms with E-state index in [-0.39, 0.29) is 41.6 Å². The third-order valence-electron chi connectivity index (χ3n) is 6.63. The molecule has 1 aliphatic carbocycles. The standard InChI is InChI=1S/C24H30N4O6/c1-14(25-22(30)19-13-21(34-27-19)17-4-5-17)16-8-10-28(11-9-16)23(31)20(26-24(32)33)12-15-2-6-18(29)7-3-15/h2-3,6-7,13-14,16-17,20,26,29H,4-5,8-12H2,1H3,(H,25,30)(H,32,33)/t14?,20-/m0/s1. The van der Waals surface area contributed by atoms with Gasteiger partial charge >= 0.3 is 6.09 Å². The largest absolute Gasteiger partial charge is 0.508 e. The summed E-state index contributed by atoms with van der Waals surface area (Å²) in [4.78, 5) is 38.5. The van der Waals surface area contributed by atoms with Gasteiger partial charge in [-0.1, -0.05) is 17.3 Å². The minimum Gasteiger partial charge on any atom is -0.508 e. The minimum absolute atomic E-state index is 0.101. The van der Waals surface area contributed by atoms with Crippen LogP contribution in [0.5, 0.6) is 5.75 Å². The van der Waals surface area contributed by atoms with E-state index in [0.29, 0.717) is 31.8 Å². The summed E-state index contributed by atoms with van der Waals surface area (Å²) in [5.41, 5.74) is 1.03. The molecule has 34 heavy (non-hydrogen) atoms. The molecule has 2 fully saturated rings. The Hall–Kier alpha value is -3.56. The molecule has 2 aliphatic rings. The zero-order valence-electron chi connectivity index (χ0n) is 19.1. The molecule has 10 nitrogen and oxygen atoms in total. The number of aromatic hydroxyl groups is 1. The highest BCUT2D eigenvalue weighted by Gasteiger charge is 2.33.